The predicted molar refractivity (Wildman–Crippen MR) is 89.9 cm³/mol. The second-order valence-electron chi connectivity index (χ2n) is 6.22. The van der Waals surface area contributed by atoms with Crippen molar-refractivity contribution in [2.75, 3.05) is 13.1 Å². The van der Waals surface area contributed by atoms with Gasteiger partial charge in [-0.15, -0.1) is 0 Å². The number of piperidine rings is 1. The summed E-state index contributed by atoms with van der Waals surface area (Å²) in [6.07, 6.45) is 10.6. The highest BCUT2D eigenvalue weighted by Gasteiger charge is 2.28. The Labute approximate surface area is 140 Å². The molecule has 3 heterocycles. The Morgan fingerprint density at radius 3 is 3.04 bits per heavy atom. The first kappa shape index (κ1) is 16.4. The number of aromatic nitrogens is 4. The van der Waals surface area contributed by atoms with Crippen molar-refractivity contribution in [2.45, 2.75) is 45.1 Å². The normalized spacial score (nSPS) is 17.9. The van der Waals surface area contributed by atoms with E-state index in [-0.39, 0.29) is 23.1 Å². The van der Waals surface area contributed by atoms with E-state index in [4.69, 9.17) is 0 Å². The van der Waals surface area contributed by atoms with Gasteiger partial charge in [0.05, 0.1) is 6.20 Å². The molecule has 0 radical (unpaired) electrons. The first-order valence-corrected chi connectivity index (χ1v) is 8.54. The summed E-state index contributed by atoms with van der Waals surface area (Å²) >= 11 is 0. The molecule has 0 bridgehead atoms. The van der Waals surface area contributed by atoms with E-state index in [0.29, 0.717) is 13.1 Å². The molecule has 128 valence electrons. The average molecular weight is 329 g/mol. The summed E-state index contributed by atoms with van der Waals surface area (Å²) in [5.74, 6) is 1.18. The van der Waals surface area contributed by atoms with Gasteiger partial charge in [-0.25, -0.2) is 9.97 Å². The van der Waals surface area contributed by atoms with Gasteiger partial charge in [-0.05, 0) is 19.3 Å². The standard InChI is InChI=1S/C17H23N5O2/c1-2-3-7-21-9-6-18-16(21)13-5-4-8-22(12-13)17(24)14-10-20-15(23)11-19-14/h6,9-11,13H,2-5,7-8,12H2,1H3,(H,20,23)/t13-/m1/s1. The number of unbranched alkanes of at least 4 members (excludes halogenated alkanes) is 1. The monoisotopic (exact) mass is 329 g/mol. The molecule has 7 heteroatoms. The highest BCUT2D eigenvalue weighted by Crippen LogP contribution is 2.26. The molecule has 1 saturated heterocycles. The zero-order chi connectivity index (χ0) is 16.9. The predicted octanol–water partition coefficient (Wildman–Crippen LogP) is 1.79. The Morgan fingerprint density at radius 2 is 2.29 bits per heavy atom. The number of carbonyl (C=O) groups excluding carboxylic acids is 1. The molecule has 1 atom stereocenters. The van der Waals surface area contributed by atoms with Gasteiger partial charge in [-0.1, -0.05) is 13.3 Å². The summed E-state index contributed by atoms with van der Waals surface area (Å²) in [6, 6.07) is 0. The number of imidazole rings is 1. The molecule has 0 saturated carbocycles. The lowest BCUT2D eigenvalue weighted by molar-refractivity contribution is 0.0696. The van der Waals surface area contributed by atoms with E-state index in [0.717, 1.165) is 44.2 Å². The van der Waals surface area contributed by atoms with Crippen LogP contribution < -0.4 is 5.56 Å². The van der Waals surface area contributed by atoms with E-state index in [1.54, 1.807) is 0 Å². The molecule has 0 spiro atoms. The lowest BCUT2D eigenvalue weighted by Gasteiger charge is -2.32. The fraction of sp³-hybridized carbons (Fsp3) is 0.529. The van der Waals surface area contributed by atoms with Crippen LogP contribution in [0.25, 0.3) is 0 Å². The minimum Gasteiger partial charge on any atom is -0.337 e. The number of aryl methyl sites for hydroxylation is 1. The highest BCUT2D eigenvalue weighted by atomic mass is 16.2. The van der Waals surface area contributed by atoms with E-state index in [9.17, 15) is 9.59 Å². The van der Waals surface area contributed by atoms with E-state index in [1.807, 2.05) is 17.3 Å². The fourth-order valence-electron chi connectivity index (χ4n) is 3.19. The Bertz CT molecular complexity index is 731. The summed E-state index contributed by atoms with van der Waals surface area (Å²) in [6.45, 7) is 4.50. The molecule has 1 amide bonds. The molecule has 2 aromatic heterocycles. The van der Waals surface area contributed by atoms with Crippen LogP contribution in [-0.4, -0.2) is 43.4 Å². The number of nitrogens with zero attached hydrogens (tertiary/aromatic N) is 4. The first-order chi connectivity index (χ1) is 11.7. The molecule has 1 aliphatic rings. The average Bonchev–Trinajstić information content (AvgIpc) is 3.08. The SMILES string of the molecule is CCCCn1ccnc1[C@@H]1CCCN(C(=O)c2c[nH]c(=O)cn2)C1. The molecule has 0 aliphatic carbocycles. The van der Waals surface area contributed by atoms with Gasteiger partial charge in [0.25, 0.3) is 11.5 Å². The molecule has 2 aromatic rings. The van der Waals surface area contributed by atoms with Gasteiger partial charge in [0, 0.05) is 44.1 Å². The highest BCUT2D eigenvalue weighted by molar-refractivity contribution is 5.92. The third-order valence-corrected chi connectivity index (χ3v) is 4.47. The molecule has 0 unspecified atom stereocenters. The van der Waals surface area contributed by atoms with E-state index < -0.39 is 0 Å². The van der Waals surface area contributed by atoms with Crippen molar-refractivity contribution in [1.29, 1.82) is 0 Å². The third-order valence-electron chi connectivity index (χ3n) is 4.47. The van der Waals surface area contributed by atoms with Crippen LogP contribution in [0.2, 0.25) is 0 Å². The van der Waals surface area contributed by atoms with Crippen molar-refractivity contribution < 1.29 is 4.79 Å². The van der Waals surface area contributed by atoms with Crippen LogP contribution in [0.4, 0.5) is 0 Å². The van der Waals surface area contributed by atoms with E-state index in [2.05, 4.69) is 26.4 Å². The maximum atomic E-state index is 12.6. The van der Waals surface area contributed by atoms with Crippen LogP contribution in [0.3, 0.4) is 0 Å². The smallest absolute Gasteiger partial charge is 0.273 e. The van der Waals surface area contributed by atoms with E-state index >= 15 is 0 Å². The minimum absolute atomic E-state index is 0.136. The summed E-state index contributed by atoms with van der Waals surface area (Å²) in [5.41, 5.74) is -0.0226. The zero-order valence-corrected chi connectivity index (χ0v) is 13.9. The lowest BCUT2D eigenvalue weighted by Crippen LogP contribution is -2.40. The summed E-state index contributed by atoms with van der Waals surface area (Å²) < 4.78 is 2.21. The van der Waals surface area contributed by atoms with E-state index in [1.165, 1.54) is 6.20 Å². The molecule has 24 heavy (non-hydrogen) atoms. The largest absolute Gasteiger partial charge is 0.337 e. The number of aromatic amines is 1. The van der Waals surface area contributed by atoms with Crippen molar-refractivity contribution in [2.24, 2.45) is 0 Å². The number of nitrogens with one attached hydrogen (secondary N) is 1. The van der Waals surface area contributed by atoms with Gasteiger partial charge in [0.2, 0.25) is 0 Å². The minimum atomic E-state index is -0.305. The lowest BCUT2D eigenvalue weighted by atomic mass is 9.96. The van der Waals surface area contributed by atoms with Crippen LogP contribution in [-0.2, 0) is 6.54 Å². The summed E-state index contributed by atoms with van der Waals surface area (Å²) in [7, 11) is 0. The van der Waals surface area contributed by atoms with Crippen molar-refractivity contribution >= 4 is 5.91 Å². The van der Waals surface area contributed by atoms with Gasteiger partial charge >= 0.3 is 0 Å². The second kappa shape index (κ2) is 7.42. The fourth-order valence-corrected chi connectivity index (χ4v) is 3.19. The number of carbonyl (C=O) groups is 1. The number of hydrogen-bond donors (Lipinski definition) is 1. The van der Waals surface area contributed by atoms with Crippen LogP contribution in [0.15, 0.2) is 29.6 Å². The van der Waals surface area contributed by atoms with Gasteiger partial charge in [0.15, 0.2) is 0 Å². The molecule has 3 rings (SSSR count). The molecular weight excluding hydrogens is 306 g/mol. The van der Waals surface area contributed by atoms with Crippen LogP contribution >= 0.6 is 0 Å². The molecule has 1 N–H and O–H groups in total. The third kappa shape index (κ3) is 3.55. The summed E-state index contributed by atoms with van der Waals surface area (Å²) in [4.78, 5) is 36.5. The van der Waals surface area contributed by atoms with Crippen LogP contribution in [0, 0.1) is 0 Å². The Balaban J connectivity index is 1.72. The molecule has 1 aliphatic heterocycles. The van der Waals surface area contributed by atoms with Crippen LogP contribution in [0.5, 0.6) is 0 Å². The van der Waals surface area contributed by atoms with Gasteiger partial charge in [-0.2, -0.15) is 0 Å². The summed E-state index contributed by atoms with van der Waals surface area (Å²) in [5, 5.41) is 0. The Morgan fingerprint density at radius 1 is 1.42 bits per heavy atom. The quantitative estimate of drug-likeness (QED) is 0.906. The van der Waals surface area contributed by atoms with Gasteiger partial charge in [-0.3, -0.25) is 9.59 Å². The van der Waals surface area contributed by atoms with Gasteiger partial charge < -0.3 is 14.5 Å². The molecular formula is C17H23N5O2. The zero-order valence-electron chi connectivity index (χ0n) is 13.9. The van der Waals surface area contributed by atoms with Crippen molar-refractivity contribution in [3.63, 3.8) is 0 Å². The van der Waals surface area contributed by atoms with Crippen molar-refractivity contribution in [3.05, 3.63) is 46.7 Å². The maximum Gasteiger partial charge on any atom is 0.273 e. The number of rotatable bonds is 5. The molecule has 0 aromatic carbocycles. The van der Waals surface area contributed by atoms with Crippen LogP contribution in [0.1, 0.15) is 54.8 Å². The Kier molecular flexibility index (Phi) is 5.08. The number of likely N-dealkylation sites (tertiary alicyclic amines) is 1. The number of hydrogen-bond acceptors (Lipinski definition) is 4. The molecule has 7 nitrogen and oxygen atoms in total. The van der Waals surface area contributed by atoms with Crippen molar-refractivity contribution in [3.8, 4) is 0 Å². The second-order valence-corrected chi connectivity index (χ2v) is 6.22. The number of amides is 1. The topological polar surface area (TPSA) is 83.9 Å². The first-order valence-electron chi connectivity index (χ1n) is 8.54. The van der Waals surface area contributed by atoms with Gasteiger partial charge in [0.1, 0.15) is 11.5 Å². The maximum absolute atomic E-state index is 12.6. The number of H-pyrrole nitrogens is 1. The Hall–Kier alpha value is -2.44. The van der Waals surface area contributed by atoms with Crippen molar-refractivity contribution in [1.82, 2.24) is 24.4 Å². The molecule has 1 fully saturated rings.